The third-order valence-corrected chi connectivity index (χ3v) is 1.21. The van der Waals surface area contributed by atoms with Crippen molar-refractivity contribution in [2.45, 2.75) is 12.8 Å². The highest BCUT2D eigenvalue weighted by Crippen LogP contribution is 1.87. The van der Waals surface area contributed by atoms with Gasteiger partial charge in [0.25, 0.3) is 0 Å². The summed E-state index contributed by atoms with van der Waals surface area (Å²) in [5, 5.41) is 16.4. The van der Waals surface area contributed by atoms with Crippen LogP contribution in [0.15, 0.2) is 0 Å². The van der Waals surface area contributed by atoms with E-state index in [0.717, 1.165) is 13.1 Å². The van der Waals surface area contributed by atoms with Gasteiger partial charge in [0.05, 0.1) is 12.1 Å². The normalized spacial score (nSPS) is 8.80. The predicted molar refractivity (Wildman–Crippen MR) is 38.0 cm³/mol. The molecule has 0 fully saturated rings. The monoisotopic (exact) mass is 137 g/mol. The molecule has 0 rings (SSSR count). The molecule has 0 N–H and O–H groups in total. The fraction of sp³-hybridized carbons (Fsp3) is 0.714. The fourth-order valence-corrected chi connectivity index (χ4v) is 0.594. The predicted octanol–water partition coefficient (Wildman–Crippen LogP) is 0.746. The second kappa shape index (κ2) is 6.07. The Balaban J connectivity index is 3.20. The number of nitriles is 2. The van der Waals surface area contributed by atoms with Crippen LogP contribution in [0.5, 0.6) is 0 Å². The van der Waals surface area contributed by atoms with Gasteiger partial charge in [-0.2, -0.15) is 10.5 Å². The van der Waals surface area contributed by atoms with E-state index < -0.39 is 0 Å². The molecule has 0 aliphatic carbocycles. The lowest BCUT2D eigenvalue weighted by atomic mass is 10.4. The lowest BCUT2D eigenvalue weighted by Crippen LogP contribution is -2.20. The molecular formula is C7H11N3. The van der Waals surface area contributed by atoms with Crippen LogP contribution in [-0.2, 0) is 0 Å². The van der Waals surface area contributed by atoms with Gasteiger partial charge in [-0.15, -0.1) is 0 Å². The van der Waals surface area contributed by atoms with Crippen LogP contribution >= 0.6 is 0 Å². The molecule has 0 aromatic rings. The van der Waals surface area contributed by atoms with Crippen LogP contribution in [0.2, 0.25) is 0 Å². The minimum atomic E-state index is 0.544. The molecule has 54 valence electrons. The van der Waals surface area contributed by atoms with Crippen LogP contribution in [0.4, 0.5) is 0 Å². The average Bonchev–Trinajstić information content (AvgIpc) is 1.97. The van der Waals surface area contributed by atoms with Crippen molar-refractivity contribution in [3.8, 4) is 12.1 Å². The standard InChI is InChI=1S/C7H11N3/c1-10(6-2-4-8)7-3-5-9/h2-3,6-7H2,1H3. The smallest absolute Gasteiger partial charge is 0.0635 e. The molecule has 0 atom stereocenters. The zero-order chi connectivity index (χ0) is 7.82. The minimum absolute atomic E-state index is 0.544. The SMILES string of the molecule is CN(CCC#N)CCC#N. The quantitative estimate of drug-likeness (QED) is 0.574. The van der Waals surface area contributed by atoms with E-state index in [1.807, 2.05) is 11.9 Å². The van der Waals surface area contributed by atoms with Gasteiger partial charge in [0.2, 0.25) is 0 Å². The van der Waals surface area contributed by atoms with E-state index >= 15 is 0 Å². The summed E-state index contributed by atoms with van der Waals surface area (Å²) in [6, 6.07) is 4.10. The van der Waals surface area contributed by atoms with Crippen molar-refractivity contribution in [3.63, 3.8) is 0 Å². The van der Waals surface area contributed by atoms with E-state index in [1.165, 1.54) is 0 Å². The zero-order valence-electron chi connectivity index (χ0n) is 6.17. The molecule has 0 aliphatic heterocycles. The Hall–Kier alpha value is -1.06. The van der Waals surface area contributed by atoms with Gasteiger partial charge < -0.3 is 4.90 Å². The van der Waals surface area contributed by atoms with Crippen LogP contribution in [0.25, 0.3) is 0 Å². The van der Waals surface area contributed by atoms with Crippen molar-refractivity contribution in [1.82, 2.24) is 4.90 Å². The summed E-state index contributed by atoms with van der Waals surface area (Å²) >= 11 is 0. The van der Waals surface area contributed by atoms with Crippen molar-refractivity contribution in [2.75, 3.05) is 20.1 Å². The molecule has 0 radical (unpaired) electrons. The van der Waals surface area contributed by atoms with E-state index in [0.29, 0.717) is 12.8 Å². The first kappa shape index (κ1) is 8.94. The first-order valence-electron chi connectivity index (χ1n) is 3.23. The maximum Gasteiger partial charge on any atom is 0.0635 e. The van der Waals surface area contributed by atoms with Crippen molar-refractivity contribution >= 4 is 0 Å². The van der Waals surface area contributed by atoms with Crippen molar-refractivity contribution in [1.29, 1.82) is 10.5 Å². The van der Waals surface area contributed by atoms with E-state index in [4.69, 9.17) is 10.5 Å². The van der Waals surface area contributed by atoms with Crippen LogP contribution in [0.3, 0.4) is 0 Å². The third-order valence-electron chi connectivity index (χ3n) is 1.21. The van der Waals surface area contributed by atoms with E-state index in [1.54, 1.807) is 0 Å². The van der Waals surface area contributed by atoms with Crippen LogP contribution < -0.4 is 0 Å². The van der Waals surface area contributed by atoms with Gasteiger partial charge in [-0.05, 0) is 7.05 Å². The largest absolute Gasteiger partial charge is 0.304 e. The Kier molecular flexibility index (Phi) is 5.42. The number of hydrogen-bond donors (Lipinski definition) is 0. The van der Waals surface area contributed by atoms with Crippen molar-refractivity contribution in [3.05, 3.63) is 0 Å². The molecule has 0 heterocycles. The molecule has 0 saturated heterocycles. The molecule has 3 heteroatoms. The van der Waals surface area contributed by atoms with Crippen molar-refractivity contribution in [2.24, 2.45) is 0 Å². The summed E-state index contributed by atoms with van der Waals surface area (Å²) in [4.78, 5) is 1.98. The first-order chi connectivity index (χ1) is 4.81. The second-order valence-corrected chi connectivity index (χ2v) is 2.12. The van der Waals surface area contributed by atoms with Gasteiger partial charge in [-0.25, -0.2) is 0 Å². The van der Waals surface area contributed by atoms with Gasteiger partial charge >= 0.3 is 0 Å². The Morgan fingerprint density at radius 2 is 1.50 bits per heavy atom. The van der Waals surface area contributed by atoms with E-state index in [-0.39, 0.29) is 0 Å². The highest BCUT2D eigenvalue weighted by molar-refractivity contribution is 4.74. The Morgan fingerprint density at radius 1 is 1.10 bits per heavy atom. The maximum absolute atomic E-state index is 8.20. The zero-order valence-corrected chi connectivity index (χ0v) is 6.17. The number of nitrogens with zero attached hydrogens (tertiary/aromatic N) is 3. The highest BCUT2D eigenvalue weighted by atomic mass is 15.1. The summed E-state index contributed by atoms with van der Waals surface area (Å²) in [5.74, 6) is 0. The molecule has 0 aromatic carbocycles. The number of rotatable bonds is 4. The Bertz CT molecular complexity index is 133. The van der Waals surface area contributed by atoms with E-state index in [9.17, 15) is 0 Å². The summed E-state index contributed by atoms with van der Waals surface area (Å²) < 4.78 is 0. The summed E-state index contributed by atoms with van der Waals surface area (Å²) in [6.07, 6.45) is 1.09. The topological polar surface area (TPSA) is 50.8 Å². The van der Waals surface area contributed by atoms with Crippen molar-refractivity contribution < 1.29 is 0 Å². The second-order valence-electron chi connectivity index (χ2n) is 2.12. The summed E-state index contributed by atoms with van der Waals surface area (Å²) in [5.41, 5.74) is 0. The lowest BCUT2D eigenvalue weighted by Gasteiger charge is -2.10. The Morgan fingerprint density at radius 3 is 1.80 bits per heavy atom. The van der Waals surface area contributed by atoms with Crippen LogP contribution in [-0.4, -0.2) is 25.0 Å². The third kappa shape index (κ3) is 5.08. The van der Waals surface area contributed by atoms with Gasteiger partial charge in [-0.1, -0.05) is 0 Å². The molecule has 0 spiro atoms. The molecule has 0 amide bonds. The number of hydrogen-bond acceptors (Lipinski definition) is 3. The van der Waals surface area contributed by atoms with Gasteiger partial charge in [0.15, 0.2) is 0 Å². The summed E-state index contributed by atoms with van der Waals surface area (Å²) in [6.45, 7) is 1.52. The molecule has 10 heavy (non-hydrogen) atoms. The Labute approximate surface area is 61.5 Å². The van der Waals surface area contributed by atoms with Crippen LogP contribution in [0.1, 0.15) is 12.8 Å². The summed E-state index contributed by atoms with van der Waals surface area (Å²) in [7, 11) is 1.91. The molecule has 0 unspecified atom stereocenters. The van der Waals surface area contributed by atoms with E-state index in [2.05, 4.69) is 12.1 Å². The van der Waals surface area contributed by atoms with Crippen LogP contribution in [0, 0.1) is 22.7 Å². The lowest BCUT2D eigenvalue weighted by molar-refractivity contribution is 0.350. The molecule has 0 aromatic heterocycles. The van der Waals surface area contributed by atoms with Gasteiger partial charge in [-0.3, -0.25) is 0 Å². The maximum atomic E-state index is 8.20. The highest BCUT2D eigenvalue weighted by Gasteiger charge is 1.94. The molecule has 0 saturated carbocycles. The average molecular weight is 137 g/mol. The molecule has 0 aliphatic rings. The molecule has 3 nitrogen and oxygen atoms in total. The molecule has 0 bridgehead atoms. The van der Waals surface area contributed by atoms with Gasteiger partial charge in [0.1, 0.15) is 0 Å². The van der Waals surface area contributed by atoms with Gasteiger partial charge in [0, 0.05) is 25.9 Å². The molecular weight excluding hydrogens is 126 g/mol. The fourth-order valence-electron chi connectivity index (χ4n) is 0.594. The minimum Gasteiger partial charge on any atom is -0.304 e. The first-order valence-corrected chi connectivity index (χ1v) is 3.23.